The van der Waals surface area contributed by atoms with E-state index in [1.54, 1.807) is 19.1 Å². The van der Waals surface area contributed by atoms with Crippen molar-refractivity contribution in [2.45, 2.75) is 12.5 Å². The number of carboxylic acids is 1. The molecule has 0 aromatic heterocycles. The van der Waals surface area contributed by atoms with Crippen LogP contribution in [0.1, 0.15) is 5.56 Å². The number of ether oxygens (including phenoxy) is 1. The number of halogens is 1. The minimum atomic E-state index is -2.03. The highest BCUT2D eigenvalue weighted by atomic mass is 35.5. The number of esters is 1. The molecule has 1 atom stereocenters. The second-order valence-corrected chi connectivity index (χ2v) is 4.35. The summed E-state index contributed by atoms with van der Waals surface area (Å²) < 4.78 is 4.52. The fourth-order valence-corrected chi connectivity index (χ4v) is 2.06. The summed E-state index contributed by atoms with van der Waals surface area (Å²) in [5, 5.41) is 10.5. The van der Waals surface area contributed by atoms with Crippen molar-refractivity contribution in [3.05, 3.63) is 33.3 Å². The highest BCUT2D eigenvalue weighted by Crippen LogP contribution is 2.19. The van der Waals surface area contributed by atoms with E-state index in [0.717, 1.165) is 12.7 Å². The zero-order chi connectivity index (χ0) is 13.5. The third-order valence-electron chi connectivity index (χ3n) is 2.83. The Morgan fingerprint density at radius 3 is 2.61 bits per heavy atom. The SMILES string of the molecule is COC(=O)C1(C(=O)O)C=c2c(Cl)ccc(C)c2=N1. The summed E-state index contributed by atoms with van der Waals surface area (Å²) in [6, 6.07) is 3.35. The van der Waals surface area contributed by atoms with E-state index in [2.05, 4.69) is 9.73 Å². The van der Waals surface area contributed by atoms with Crippen LogP contribution in [0.4, 0.5) is 0 Å². The first kappa shape index (κ1) is 12.6. The standard InChI is InChI=1S/C12H10ClNO4/c1-6-3-4-8(13)7-5-12(10(15)16,11(17)18-2)14-9(6)7/h3-5H,1-2H3,(H,15,16). The van der Waals surface area contributed by atoms with Gasteiger partial charge in [-0.15, -0.1) is 0 Å². The molecule has 0 spiro atoms. The van der Waals surface area contributed by atoms with Crippen LogP contribution >= 0.6 is 11.6 Å². The summed E-state index contributed by atoms with van der Waals surface area (Å²) in [6.45, 7) is 1.77. The number of carbonyl (C=O) groups excluding carboxylic acids is 1. The Labute approximate surface area is 107 Å². The summed E-state index contributed by atoms with van der Waals surface area (Å²) in [5.74, 6) is -2.33. The molecule has 0 bridgehead atoms. The third-order valence-corrected chi connectivity index (χ3v) is 3.16. The third kappa shape index (κ3) is 1.59. The van der Waals surface area contributed by atoms with Gasteiger partial charge in [0.15, 0.2) is 0 Å². The normalized spacial score (nSPS) is 20.6. The zero-order valence-electron chi connectivity index (χ0n) is 9.73. The topological polar surface area (TPSA) is 76.0 Å². The van der Waals surface area contributed by atoms with Gasteiger partial charge in [0.05, 0.1) is 12.5 Å². The van der Waals surface area contributed by atoms with Gasteiger partial charge in [-0.2, -0.15) is 0 Å². The lowest BCUT2D eigenvalue weighted by Crippen LogP contribution is -2.43. The molecule has 1 unspecified atom stereocenters. The average Bonchev–Trinajstić information content (AvgIpc) is 2.76. The van der Waals surface area contributed by atoms with E-state index >= 15 is 0 Å². The van der Waals surface area contributed by atoms with Crippen LogP contribution in [0.3, 0.4) is 0 Å². The Hall–Kier alpha value is -1.88. The molecular weight excluding hydrogens is 258 g/mol. The van der Waals surface area contributed by atoms with E-state index in [0.29, 0.717) is 15.6 Å². The molecule has 0 saturated carbocycles. The highest BCUT2D eigenvalue weighted by Gasteiger charge is 2.47. The maximum atomic E-state index is 11.7. The van der Waals surface area contributed by atoms with E-state index in [1.807, 2.05) is 0 Å². The van der Waals surface area contributed by atoms with E-state index in [9.17, 15) is 14.7 Å². The Morgan fingerprint density at radius 1 is 1.44 bits per heavy atom. The van der Waals surface area contributed by atoms with Crippen molar-refractivity contribution in [2.75, 3.05) is 7.11 Å². The van der Waals surface area contributed by atoms with Crippen LogP contribution in [0.2, 0.25) is 5.02 Å². The monoisotopic (exact) mass is 267 g/mol. The Balaban J connectivity index is 2.83. The average molecular weight is 268 g/mol. The molecule has 1 N–H and O–H groups in total. The van der Waals surface area contributed by atoms with Gasteiger partial charge in [0.25, 0.3) is 5.54 Å². The quantitative estimate of drug-likeness (QED) is 0.607. The molecule has 2 rings (SSSR count). The number of fused-ring (bicyclic) bond motifs is 1. The molecule has 0 saturated heterocycles. The number of carboxylic acid groups (broad SMARTS) is 1. The fraction of sp³-hybridized carbons (Fsp3) is 0.250. The first-order valence-corrected chi connectivity index (χ1v) is 5.50. The number of hydrogen-bond donors (Lipinski definition) is 1. The van der Waals surface area contributed by atoms with Crippen molar-refractivity contribution < 1.29 is 19.4 Å². The molecule has 1 aliphatic heterocycles. The number of nitrogens with zero attached hydrogens (tertiary/aromatic N) is 1. The molecule has 94 valence electrons. The van der Waals surface area contributed by atoms with Gasteiger partial charge in [-0.1, -0.05) is 17.7 Å². The second kappa shape index (κ2) is 4.10. The lowest BCUT2D eigenvalue weighted by Gasteiger charge is -2.15. The number of carbonyl (C=O) groups is 2. The fourth-order valence-electron chi connectivity index (χ4n) is 1.85. The minimum Gasteiger partial charge on any atom is -0.479 e. The number of aryl methyl sites for hydroxylation is 1. The van der Waals surface area contributed by atoms with Gasteiger partial charge in [0.2, 0.25) is 0 Å². The number of rotatable bonds is 2. The van der Waals surface area contributed by atoms with Crippen LogP contribution in [0.15, 0.2) is 17.1 Å². The summed E-state index contributed by atoms with van der Waals surface area (Å²) >= 11 is 5.99. The van der Waals surface area contributed by atoms with Crippen molar-refractivity contribution in [2.24, 2.45) is 4.99 Å². The predicted octanol–water partition coefficient (Wildman–Crippen LogP) is 0.0585. The van der Waals surface area contributed by atoms with Crippen LogP contribution in [-0.4, -0.2) is 29.7 Å². The molecule has 18 heavy (non-hydrogen) atoms. The largest absolute Gasteiger partial charge is 0.479 e. The Bertz CT molecular complexity index is 624. The van der Waals surface area contributed by atoms with Gasteiger partial charge in [0.1, 0.15) is 0 Å². The Kier molecular flexibility index (Phi) is 2.86. The first-order chi connectivity index (χ1) is 8.42. The minimum absolute atomic E-state index is 0.353. The molecule has 0 amide bonds. The van der Waals surface area contributed by atoms with Gasteiger partial charge in [0, 0.05) is 10.2 Å². The number of methoxy groups -OCH3 is 1. The summed E-state index contributed by atoms with van der Waals surface area (Å²) in [4.78, 5) is 27.0. The molecule has 0 fully saturated rings. The van der Waals surface area contributed by atoms with Crippen LogP contribution in [-0.2, 0) is 14.3 Å². The summed E-state index contributed by atoms with van der Waals surface area (Å²) in [6.07, 6.45) is 1.23. The van der Waals surface area contributed by atoms with Crippen LogP contribution in [0.5, 0.6) is 0 Å². The molecule has 1 heterocycles. The highest BCUT2D eigenvalue weighted by molar-refractivity contribution is 6.31. The van der Waals surface area contributed by atoms with Gasteiger partial charge >= 0.3 is 11.9 Å². The van der Waals surface area contributed by atoms with Crippen LogP contribution < -0.4 is 10.6 Å². The lowest BCUT2D eigenvalue weighted by molar-refractivity contribution is -0.155. The van der Waals surface area contributed by atoms with E-state index in [1.165, 1.54) is 6.08 Å². The predicted molar refractivity (Wildman–Crippen MR) is 63.8 cm³/mol. The first-order valence-electron chi connectivity index (χ1n) is 5.12. The Morgan fingerprint density at radius 2 is 2.11 bits per heavy atom. The zero-order valence-corrected chi connectivity index (χ0v) is 10.5. The van der Waals surface area contributed by atoms with Gasteiger partial charge in [-0.05, 0) is 24.6 Å². The number of aliphatic carboxylic acids is 1. The van der Waals surface area contributed by atoms with Gasteiger partial charge in [-0.3, -0.25) is 4.99 Å². The summed E-state index contributed by atoms with van der Waals surface area (Å²) in [5.41, 5.74) is -1.29. The van der Waals surface area contributed by atoms with E-state index < -0.39 is 17.5 Å². The number of benzene rings is 1. The number of hydrogen-bond acceptors (Lipinski definition) is 4. The van der Waals surface area contributed by atoms with Crippen molar-refractivity contribution in [1.29, 1.82) is 0 Å². The van der Waals surface area contributed by atoms with Crippen molar-refractivity contribution in [1.82, 2.24) is 0 Å². The van der Waals surface area contributed by atoms with Gasteiger partial charge < -0.3 is 9.84 Å². The molecular formula is C12H10ClNO4. The van der Waals surface area contributed by atoms with Crippen molar-refractivity contribution in [3.8, 4) is 0 Å². The van der Waals surface area contributed by atoms with Crippen LogP contribution in [0.25, 0.3) is 6.08 Å². The maximum Gasteiger partial charge on any atom is 0.349 e. The molecule has 0 aliphatic carbocycles. The van der Waals surface area contributed by atoms with Crippen molar-refractivity contribution >= 4 is 29.6 Å². The molecule has 5 nitrogen and oxygen atoms in total. The van der Waals surface area contributed by atoms with Crippen LogP contribution in [0, 0.1) is 6.92 Å². The molecule has 1 aromatic rings. The van der Waals surface area contributed by atoms with E-state index in [-0.39, 0.29) is 0 Å². The second-order valence-electron chi connectivity index (χ2n) is 3.95. The molecule has 1 aromatic carbocycles. The summed E-state index contributed by atoms with van der Waals surface area (Å²) in [7, 11) is 1.12. The van der Waals surface area contributed by atoms with Crippen molar-refractivity contribution in [3.63, 3.8) is 0 Å². The maximum absolute atomic E-state index is 11.7. The molecule has 0 radical (unpaired) electrons. The lowest BCUT2D eigenvalue weighted by atomic mass is 10.0. The smallest absolute Gasteiger partial charge is 0.349 e. The van der Waals surface area contributed by atoms with Gasteiger partial charge in [-0.25, -0.2) is 9.59 Å². The molecule has 1 aliphatic rings. The molecule has 6 heteroatoms. The van der Waals surface area contributed by atoms with E-state index in [4.69, 9.17) is 11.6 Å².